The number of Topliss-reactive ketones (excluding diaryl/α,β-unsaturated/α-hetero) is 2. The van der Waals surface area contributed by atoms with Crippen molar-refractivity contribution in [1.29, 1.82) is 0 Å². The number of benzene rings is 2. The second-order valence-electron chi connectivity index (χ2n) is 8.43. The molecule has 0 aromatic heterocycles. The minimum Gasteiger partial charge on any atom is -0.507 e. The van der Waals surface area contributed by atoms with Crippen molar-refractivity contribution in [2.45, 2.75) is 25.6 Å². The molecule has 3 aliphatic rings. The van der Waals surface area contributed by atoms with Crippen molar-refractivity contribution in [2.24, 2.45) is 10.9 Å². The Morgan fingerprint density at radius 1 is 1.17 bits per heavy atom. The van der Waals surface area contributed by atoms with Crippen molar-refractivity contribution in [3.05, 3.63) is 57.3 Å². The van der Waals surface area contributed by atoms with Crippen LogP contribution >= 0.6 is 11.6 Å². The smallest absolute Gasteiger partial charge is 0.338 e. The van der Waals surface area contributed by atoms with Crippen LogP contribution in [0, 0.1) is 5.92 Å². The molecule has 0 saturated carbocycles. The minimum absolute atomic E-state index is 0.0141. The molecule has 10 heteroatoms. The first-order valence-electron chi connectivity index (χ1n) is 10.7. The van der Waals surface area contributed by atoms with E-state index in [1.807, 2.05) is 0 Å². The molecule has 2 unspecified atom stereocenters. The Labute approximate surface area is 204 Å². The number of hydrogen-bond acceptors (Lipinski definition) is 9. The number of aliphatic imine (C=N–C) groups is 1. The van der Waals surface area contributed by atoms with E-state index in [-0.39, 0.29) is 46.4 Å². The summed E-state index contributed by atoms with van der Waals surface area (Å²) in [6, 6.07) is 6.30. The Balaban J connectivity index is 1.59. The molecule has 2 aromatic rings. The number of carbonyl (C=O) groups is 3. The lowest BCUT2D eigenvalue weighted by Gasteiger charge is -2.36. The lowest BCUT2D eigenvalue weighted by atomic mass is 9.73. The summed E-state index contributed by atoms with van der Waals surface area (Å²) in [5, 5.41) is 11.3. The molecular formula is C25H20ClNO8. The normalized spacial score (nSPS) is 23.0. The number of nitrogens with zero attached hydrogens (tertiary/aromatic N) is 1. The summed E-state index contributed by atoms with van der Waals surface area (Å²) in [5.74, 6) is -2.22. The molecule has 2 heterocycles. The van der Waals surface area contributed by atoms with Gasteiger partial charge in [-0.3, -0.25) is 14.6 Å². The number of carbonyl (C=O) groups excluding carboxylic acids is 3. The third-order valence-corrected chi connectivity index (χ3v) is 6.88. The van der Waals surface area contributed by atoms with Crippen LogP contribution in [0.15, 0.2) is 40.6 Å². The van der Waals surface area contributed by atoms with E-state index in [0.717, 1.165) is 0 Å². The van der Waals surface area contributed by atoms with E-state index in [2.05, 4.69) is 4.99 Å². The quantitative estimate of drug-likeness (QED) is 0.493. The van der Waals surface area contributed by atoms with Gasteiger partial charge >= 0.3 is 5.97 Å². The van der Waals surface area contributed by atoms with Gasteiger partial charge in [-0.25, -0.2) is 4.79 Å². The predicted molar refractivity (Wildman–Crippen MR) is 124 cm³/mol. The molecule has 1 spiro atoms. The second kappa shape index (κ2) is 8.13. The third-order valence-electron chi connectivity index (χ3n) is 6.52. The Kier molecular flexibility index (Phi) is 5.32. The topological polar surface area (TPSA) is 121 Å². The van der Waals surface area contributed by atoms with E-state index in [1.54, 1.807) is 25.1 Å². The summed E-state index contributed by atoms with van der Waals surface area (Å²) in [6.07, 6.45) is 1.12. The molecule has 0 saturated heterocycles. The zero-order valence-corrected chi connectivity index (χ0v) is 19.8. The maximum atomic E-state index is 13.7. The number of methoxy groups -OCH3 is 2. The number of ketones is 2. The van der Waals surface area contributed by atoms with Gasteiger partial charge in [0.2, 0.25) is 11.4 Å². The van der Waals surface area contributed by atoms with E-state index < -0.39 is 34.8 Å². The number of aliphatic hydroxyl groups excluding tert-OH is 1. The fraction of sp³-hybridized carbons (Fsp3) is 0.280. The number of allylic oxidation sites excluding steroid dienone is 1. The van der Waals surface area contributed by atoms with Crippen LogP contribution in [0.4, 0.5) is 5.69 Å². The first kappa shape index (κ1) is 22.9. The predicted octanol–water partition coefficient (Wildman–Crippen LogP) is 4.17. The summed E-state index contributed by atoms with van der Waals surface area (Å²) in [4.78, 5) is 42.5. The van der Waals surface area contributed by atoms with Gasteiger partial charge in [-0.15, -0.1) is 0 Å². The SMILES string of the molecule is COc1cc(OC)c2c(c1Cl)OC1(C2=O)C(O)=C(C=Nc2ccc3c(c2)COC3=O)C(=O)CC1C. The number of aliphatic hydroxyl groups is 1. The number of hydrogen-bond donors (Lipinski definition) is 1. The fourth-order valence-electron chi connectivity index (χ4n) is 4.65. The van der Waals surface area contributed by atoms with Crippen LogP contribution in [0.1, 0.15) is 39.6 Å². The van der Waals surface area contributed by atoms with Gasteiger partial charge in [-0.1, -0.05) is 18.5 Å². The van der Waals surface area contributed by atoms with Crippen molar-refractivity contribution in [3.8, 4) is 17.2 Å². The Morgan fingerprint density at radius 2 is 1.91 bits per heavy atom. The fourth-order valence-corrected chi connectivity index (χ4v) is 4.92. The average molecular weight is 498 g/mol. The van der Waals surface area contributed by atoms with Gasteiger partial charge < -0.3 is 24.1 Å². The maximum absolute atomic E-state index is 13.7. The molecule has 35 heavy (non-hydrogen) atoms. The lowest BCUT2D eigenvalue weighted by molar-refractivity contribution is -0.118. The first-order chi connectivity index (χ1) is 16.7. The highest BCUT2D eigenvalue weighted by molar-refractivity contribution is 6.35. The van der Waals surface area contributed by atoms with Gasteiger partial charge in [0.1, 0.15) is 28.7 Å². The van der Waals surface area contributed by atoms with E-state index in [0.29, 0.717) is 16.8 Å². The van der Waals surface area contributed by atoms with Gasteiger partial charge in [-0.05, 0) is 18.2 Å². The molecule has 1 N–H and O–H groups in total. The van der Waals surface area contributed by atoms with E-state index in [1.165, 1.54) is 26.5 Å². The zero-order chi connectivity index (χ0) is 25.1. The maximum Gasteiger partial charge on any atom is 0.338 e. The van der Waals surface area contributed by atoms with Crippen LogP contribution in [0.5, 0.6) is 17.2 Å². The second-order valence-corrected chi connectivity index (χ2v) is 8.81. The van der Waals surface area contributed by atoms with Crippen molar-refractivity contribution in [2.75, 3.05) is 14.2 Å². The largest absolute Gasteiger partial charge is 0.507 e. The molecule has 0 amide bonds. The molecule has 1 aliphatic carbocycles. The summed E-state index contributed by atoms with van der Waals surface area (Å²) in [7, 11) is 2.80. The molecular weight excluding hydrogens is 478 g/mol. The first-order valence-corrected chi connectivity index (χ1v) is 11.1. The zero-order valence-electron chi connectivity index (χ0n) is 19.0. The molecule has 2 aliphatic heterocycles. The van der Waals surface area contributed by atoms with Crippen LogP contribution in [0.25, 0.3) is 0 Å². The number of fused-ring (bicyclic) bond motifs is 2. The Bertz CT molecular complexity index is 1380. The number of esters is 1. The highest BCUT2D eigenvalue weighted by Crippen LogP contribution is 2.54. The molecule has 0 fully saturated rings. The van der Waals surface area contributed by atoms with E-state index in [4.69, 9.17) is 30.5 Å². The minimum atomic E-state index is -1.88. The van der Waals surface area contributed by atoms with Gasteiger partial charge in [-0.2, -0.15) is 0 Å². The van der Waals surface area contributed by atoms with Crippen LogP contribution in [0.2, 0.25) is 5.02 Å². The Morgan fingerprint density at radius 3 is 2.63 bits per heavy atom. The summed E-state index contributed by atoms with van der Waals surface area (Å²) < 4.78 is 21.7. The number of ether oxygens (including phenoxy) is 4. The summed E-state index contributed by atoms with van der Waals surface area (Å²) in [5.41, 5.74) is -0.400. The van der Waals surface area contributed by atoms with Gasteiger partial charge in [0, 0.05) is 30.2 Å². The van der Waals surface area contributed by atoms with Crippen LogP contribution in [-0.4, -0.2) is 48.7 Å². The summed E-state index contributed by atoms with van der Waals surface area (Å²) in [6.45, 7) is 1.78. The monoisotopic (exact) mass is 497 g/mol. The van der Waals surface area contributed by atoms with E-state index >= 15 is 0 Å². The standard InChI is InChI=1S/C25H20ClNO8/c1-11-6-16(28)15(9-27-13-4-5-14-12(7-13)10-34-24(14)31)22(29)25(11)23(30)19-17(32-2)8-18(33-3)20(26)21(19)35-25/h4-5,7-9,11,29H,6,10H2,1-3H3. The highest BCUT2D eigenvalue weighted by atomic mass is 35.5. The third kappa shape index (κ3) is 3.22. The molecule has 180 valence electrons. The molecule has 0 radical (unpaired) electrons. The van der Waals surface area contributed by atoms with Crippen molar-refractivity contribution >= 4 is 41.0 Å². The van der Waals surface area contributed by atoms with Gasteiger partial charge in [0.25, 0.3) is 0 Å². The molecule has 0 bridgehead atoms. The van der Waals surface area contributed by atoms with Gasteiger partial charge in [0.05, 0.1) is 31.0 Å². The van der Waals surface area contributed by atoms with Crippen molar-refractivity contribution in [3.63, 3.8) is 0 Å². The molecule has 2 atom stereocenters. The van der Waals surface area contributed by atoms with Crippen molar-refractivity contribution in [1.82, 2.24) is 0 Å². The average Bonchev–Trinajstić information content (AvgIpc) is 3.37. The Hall–Kier alpha value is -3.85. The summed E-state index contributed by atoms with van der Waals surface area (Å²) >= 11 is 6.43. The van der Waals surface area contributed by atoms with Crippen LogP contribution in [0.3, 0.4) is 0 Å². The van der Waals surface area contributed by atoms with Crippen molar-refractivity contribution < 1.29 is 38.4 Å². The number of rotatable bonds is 4. The lowest BCUT2D eigenvalue weighted by Crippen LogP contribution is -2.52. The van der Waals surface area contributed by atoms with Crippen LogP contribution in [-0.2, 0) is 16.1 Å². The van der Waals surface area contributed by atoms with Gasteiger partial charge in [0.15, 0.2) is 17.3 Å². The molecule has 2 aromatic carbocycles. The highest BCUT2D eigenvalue weighted by Gasteiger charge is 2.60. The number of cyclic esters (lactones) is 1. The van der Waals surface area contributed by atoms with Crippen LogP contribution < -0.4 is 14.2 Å². The van der Waals surface area contributed by atoms with E-state index in [9.17, 15) is 19.5 Å². The molecule has 5 rings (SSSR count). The number of halogens is 1. The molecule has 9 nitrogen and oxygen atoms in total.